The summed E-state index contributed by atoms with van der Waals surface area (Å²) in [5, 5.41) is 18.1. The Hall–Kier alpha value is -1.11. The van der Waals surface area contributed by atoms with E-state index in [-0.39, 0.29) is 6.10 Å². The van der Waals surface area contributed by atoms with Crippen LogP contribution in [-0.4, -0.2) is 65.7 Å². The normalized spacial score (nSPS) is 22.5. The number of aliphatic hydroxyl groups excluding tert-OH is 1. The lowest BCUT2D eigenvalue weighted by Gasteiger charge is -2.29. The van der Waals surface area contributed by atoms with Crippen molar-refractivity contribution in [3.05, 3.63) is 11.3 Å². The van der Waals surface area contributed by atoms with Crippen LogP contribution in [-0.2, 0) is 13.6 Å². The minimum atomic E-state index is -0.253. The van der Waals surface area contributed by atoms with Crippen LogP contribution >= 0.6 is 0 Å². The van der Waals surface area contributed by atoms with Crippen molar-refractivity contribution < 1.29 is 5.11 Å². The third-order valence-electron chi connectivity index (χ3n) is 4.11. The van der Waals surface area contributed by atoms with E-state index in [4.69, 9.17) is 0 Å². The molecule has 1 aliphatic rings. The second kappa shape index (κ2) is 6.77. The Morgan fingerprint density at radius 1 is 1.43 bits per heavy atom. The molecule has 21 heavy (non-hydrogen) atoms. The van der Waals surface area contributed by atoms with Gasteiger partial charge in [-0.2, -0.15) is 5.10 Å². The largest absolute Gasteiger partial charge is 0.391 e. The minimum Gasteiger partial charge on any atom is -0.391 e. The van der Waals surface area contributed by atoms with Gasteiger partial charge in [-0.05, 0) is 34.0 Å². The Morgan fingerprint density at radius 3 is 2.76 bits per heavy atom. The number of rotatable bonds is 6. The maximum atomic E-state index is 10.1. The molecule has 2 N–H and O–H groups in total. The number of aliphatic hydroxyl groups is 1. The maximum absolute atomic E-state index is 10.1. The maximum Gasteiger partial charge on any atom is 0.131 e. The van der Waals surface area contributed by atoms with E-state index in [1.54, 1.807) is 0 Å². The molecule has 6 heteroatoms. The highest BCUT2D eigenvalue weighted by atomic mass is 16.3. The number of hydrogen-bond acceptors (Lipinski definition) is 5. The summed E-state index contributed by atoms with van der Waals surface area (Å²) in [5.74, 6) is 1.15. The number of hydrogen-bond donors (Lipinski definition) is 2. The zero-order valence-electron chi connectivity index (χ0n) is 13.9. The van der Waals surface area contributed by atoms with E-state index in [0.717, 1.165) is 37.6 Å². The number of anilines is 1. The van der Waals surface area contributed by atoms with Crippen molar-refractivity contribution >= 4 is 5.82 Å². The molecule has 2 rings (SSSR count). The zero-order valence-corrected chi connectivity index (χ0v) is 13.9. The van der Waals surface area contributed by atoms with Gasteiger partial charge in [0, 0.05) is 38.3 Å². The molecule has 1 aromatic heterocycles. The first kappa shape index (κ1) is 16.3. The van der Waals surface area contributed by atoms with Crippen molar-refractivity contribution in [1.82, 2.24) is 20.0 Å². The van der Waals surface area contributed by atoms with Crippen LogP contribution in [0.4, 0.5) is 5.82 Å². The van der Waals surface area contributed by atoms with E-state index < -0.39 is 0 Å². The predicted octanol–water partition coefficient (Wildman–Crippen LogP) is 0.339. The van der Waals surface area contributed by atoms with Gasteiger partial charge < -0.3 is 20.2 Å². The average molecular weight is 295 g/mol. The second-order valence-electron chi connectivity index (χ2n) is 6.25. The lowest BCUT2D eigenvalue weighted by Crippen LogP contribution is -2.39. The topological polar surface area (TPSA) is 56.6 Å². The van der Waals surface area contributed by atoms with Gasteiger partial charge in [0.1, 0.15) is 5.82 Å². The third kappa shape index (κ3) is 3.56. The van der Waals surface area contributed by atoms with E-state index in [0.29, 0.717) is 12.6 Å². The molecule has 2 heterocycles. The molecule has 2 atom stereocenters. The Bertz CT molecular complexity index is 471. The van der Waals surface area contributed by atoms with Crippen molar-refractivity contribution in [1.29, 1.82) is 0 Å². The summed E-state index contributed by atoms with van der Waals surface area (Å²) in [6, 6.07) is 0.338. The summed E-state index contributed by atoms with van der Waals surface area (Å²) in [7, 11) is 6.16. The van der Waals surface area contributed by atoms with Crippen molar-refractivity contribution in [3.8, 4) is 0 Å². The van der Waals surface area contributed by atoms with Crippen molar-refractivity contribution in [3.63, 3.8) is 0 Å². The fourth-order valence-corrected chi connectivity index (χ4v) is 3.25. The van der Waals surface area contributed by atoms with Crippen LogP contribution in [0.2, 0.25) is 0 Å². The van der Waals surface area contributed by atoms with Crippen LogP contribution in [0.1, 0.15) is 24.6 Å². The Kier molecular flexibility index (Phi) is 5.24. The lowest BCUT2D eigenvalue weighted by atomic mass is 10.1. The van der Waals surface area contributed by atoms with Crippen LogP contribution in [0.25, 0.3) is 0 Å². The van der Waals surface area contributed by atoms with Gasteiger partial charge in [0.2, 0.25) is 0 Å². The standard InChI is InChI=1S/C15H29N5O/c1-6-16-8-14-11(2)17-19(5)15(14)20-10-13(21)7-12(20)9-18(3)4/h12-13,16,21H,6-10H2,1-5H3. The second-order valence-corrected chi connectivity index (χ2v) is 6.25. The van der Waals surface area contributed by atoms with Crippen LogP contribution in [0.15, 0.2) is 0 Å². The van der Waals surface area contributed by atoms with Gasteiger partial charge in [0.25, 0.3) is 0 Å². The van der Waals surface area contributed by atoms with E-state index in [1.165, 1.54) is 5.56 Å². The summed E-state index contributed by atoms with van der Waals surface area (Å²) in [4.78, 5) is 4.51. The molecule has 0 aliphatic carbocycles. The summed E-state index contributed by atoms with van der Waals surface area (Å²) in [6.07, 6.45) is 0.570. The molecule has 0 radical (unpaired) electrons. The molecule has 1 fully saturated rings. The number of aryl methyl sites for hydroxylation is 2. The van der Waals surface area contributed by atoms with Gasteiger partial charge in [0.05, 0.1) is 11.8 Å². The number of likely N-dealkylation sites (N-methyl/N-ethyl adjacent to an activating group) is 1. The van der Waals surface area contributed by atoms with E-state index in [2.05, 4.69) is 48.2 Å². The highest BCUT2D eigenvalue weighted by molar-refractivity contribution is 5.52. The van der Waals surface area contributed by atoms with E-state index in [1.807, 2.05) is 11.7 Å². The molecule has 2 unspecified atom stereocenters. The van der Waals surface area contributed by atoms with Gasteiger partial charge >= 0.3 is 0 Å². The first-order valence-corrected chi connectivity index (χ1v) is 7.76. The molecular formula is C15H29N5O. The number of nitrogens with one attached hydrogen (secondary N) is 1. The first-order valence-electron chi connectivity index (χ1n) is 7.76. The highest BCUT2D eigenvalue weighted by Crippen LogP contribution is 2.30. The average Bonchev–Trinajstić information content (AvgIpc) is 2.86. The van der Waals surface area contributed by atoms with Crippen molar-refractivity contribution in [2.45, 2.75) is 39.0 Å². The Balaban J connectivity index is 2.30. The molecule has 1 aromatic rings. The molecule has 0 saturated carbocycles. The van der Waals surface area contributed by atoms with Gasteiger partial charge in [-0.1, -0.05) is 6.92 Å². The molecule has 120 valence electrons. The van der Waals surface area contributed by atoms with Crippen LogP contribution in [0.5, 0.6) is 0 Å². The van der Waals surface area contributed by atoms with Gasteiger partial charge in [0.15, 0.2) is 0 Å². The molecule has 0 amide bonds. The predicted molar refractivity (Wildman–Crippen MR) is 85.6 cm³/mol. The summed E-state index contributed by atoms with van der Waals surface area (Å²) < 4.78 is 1.96. The molecule has 0 aromatic carbocycles. The smallest absolute Gasteiger partial charge is 0.131 e. The highest BCUT2D eigenvalue weighted by Gasteiger charge is 2.34. The fourth-order valence-electron chi connectivity index (χ4n) is 3.25. The lowest BCUT2D eigenvalue weighted by molar-refractivity contribution is 0.191. The molecule has 0 spiro atoms. The summed E-state index contributed by atoms with van der Waals surface area (Å²) in [5.41, 5.74) is 2.32. The van der Waals surface area contributed by atoms with Crippen LogP contribution in [0.3, 0.4) is 0 Å². The third-order valence-corrected chi connectivity index (χ3v) is 4.11. The number of β-amino-alcohol motifs (C(OH)–C–C–N with tert-alkyl or cyclic N) is 1. The van der Waals surface area contributed by atoms with Crippen molar-refractivity contribution in [2.24, 2.45) is 7.05 Å². The van der Waals surface area contributed by atoms with Crippen LogP contribution in [0, 0.1) is 6.92 Å². The zero-order chi connectivity index (χ0) is 15.6. The summed E-state index contributed by atoms with van der Waals surface area (Å²) in [6.45, 7) is 7.58. The van der Waals surface area contributed by atoms with Gasteiger partial charge in [-0.3, -0.25) is 4.68 Å². The molecule has 6 nitrogen and oxygen atoms in total. The van der Waals surface area contributed by atoms with Crippen molar-refractivity contribution in [2.75, 3.05) is 38.6 Å². The number of nitrogens with zero attached hydrogens (tertiary/aromatic N) is 4. The van der Waals surface area contributed by atoms with E-state index in [9.17, 15) is 5.11 Å². The Labute approximate surface area is 127 Å². The monoisotopic (exact) mass is 295 g/mol. The molecular weight excluding hydrogens is 266 g/mol. The molecule has 0 bridgehead atoms. The van der Waals surface area contributed by atoms with Gasteiger partial charge in [-0.15, -0.1) is 0 Å². The van der Waals surface area contributed by atoms with E-state index >= 15 is 0 Å². The minimum absolute atomic E-state index is 0.253. The quantitative estimate of drug-likeness (QED) is 0.792. The number of aromatic nitrogens is 2. The van der Waals surface area contributed by atoms with Crippen LogP contribution < -0.4 is 10.2 Å². The SMILES string of the molecule is CCNCc1c(C)nn(C)c1N1CC(O)CC1CN(C)C. The molecule has 1 saturated heterocycles. The fraction of sp³-hybridized carbons (Fsp3) is 0.800. The van der Waals surface area contributed by atoms with Gasteiger partial charge in [-0.25, -0.2) is 0 Å². The Morgan fingerprint density at radius 2 is 2.14 bits per heavy atom. The summed E-state index contributed by atoms with van der Waals surface area (Å²) >= 11 is 0. The molecule has 1 aliphatic heterocycles. The first-order chi connectivity index (χ1) is 9.93.